The van der Waals surface area contributed by atoms with Gasteiger partial charge >= 0.3 is 0 Å². The van der Waals surface area contributed by atoms with Gasteiger partial charge in [-0.3, -0.25) is 24.0 Å². The lowest BCUT2D eigenvalue weighted by Gasteiger charge is -2.32. The standard InChI is InChI=1S/C32H47N5O6/c1-3-21(2)28-32(43)37-19-24(38)18-26(37)30(41)34-25(17-22-11-7-6-8-12-22)29(40)33-15-16-36(20-27(39)35-28)31(42)23-13-9-4-5-10-14-23/h6-8,11-12,21,23-26,28,38H,3-5,9-10,13-20H2,1-2H3,(H,33,40)(H,34,41)(H,35,39)/t21-,24+,25-,26-,28-/m0/s1. The van der Waals surface area contributed by atoms with Gasteiger partial charge in [-0.15, -0.1) is 0 Å². The SMILES string of the molecule is CC[C@H](C)[C@@H]1NC(=O)CN(C(=O)C2CCCCCC2)CCNC(=O)[C@H](Cc2ccccc2)NC(=O)[C@@H]2C[C@@H](O)CN2C1=O. The topological polar surface area (TPSA) is 148 Å². The third-order valence-electron chi connectivity index (χ3n) is 9.11. The molecule has 11 nitrogen and oxygen atoms in total. The molecule has 43 heavy (non-hydrogen) atoms. The minimum absolute atomic E-state index is 0.0299. The molecule has 1 aliphatic carbocycles. The number of hydrogen-bond acceptors (Lipinski definition) is 6. The second-order valence-corrected chi connectivity index (χ2v) is 12.3. The molecule has 1 saturated carbocycles. The first-order chi connectivity index (χ1) is 20.7. The van der Waals surface area contributed by atoms with Crippen molar-refractivity contribution < 1.29 is 29.1 Å². The van der Waals surface area contributed by atoms with Crippen molar-refractivity contribution in [3.8, 4) is 0 Å². The smallest absolute Gasteiger partial charge is 0.246 e. The Labute approximate surface area is 254 Å². The highest BCUT2D eigenvalue weighted by molar-refractivity contribution is 5.95. The molecule has 4 N–H and O–H groups in total. The highest BCUT2D eigenvalue weighted by Crippen LogP contribution is 2.25. The maximum Gasteiger partial charge on any atom is 0.246 e. The molecule has 5 amide bonds. The number of nitrogens with one attached hydrogen (secondary N) is 3. The molecule has 11 heteroatoms. The van der Waals surface area contributed by atoms with E-state index in [9.17, 15) is 29.1 Å². The van der Waals surface area contributed by atoms with Crippen LogP contribution in [-0.2, 0) is 30.4 Å². The summed E-state index contributed by atoms with van der Waals surface area (Å²) in [4.78, 5) is 70.8. The van der Waals surface area contributed by atoms with Crippen molar-refractivity contribution >= 4 is 29.5 Å². The van der Waals surface area contributed by atoms with Crippen LogP contribution in [0.2, 0.25) is 0 Å². The van der Waals surface area contributed by atoms with Crippen LogP contribution in [0, 0.1) is 11.8 Å². The molecule has 3 aliphatic rings. The van der Waals surface area contributed by atoms with Gasteiger partial charge in [0.05, 0.1) is 12.6 Å². The first-order valence-corrected chi connectivity index (χ1v) is 15.9. The molecular formula is C32H47N5O6. The molecule has 5 atom stereocenters. The van der Waals surface area contributed by atoms with E-state index in [1.807, 2.05) is 44.2 Å². The van der Waals surface area contributed by atoms with E-state index < -0.39 is 47.9 Å². The number of benzene rings is 1. The normalized spacial score (nSPS) is 27.6. The summed E-state index contributed by atoms with van der Waals surface area (Å²) in [6.45, 7) is 3.71. The summed E-state index contributed by atoms with van der Waals surface area (Å²) in [6.07, 6.45) is 5.54. The fraction of sp³-hybridized carbons (Fsp3) is 0.656. The number of amides is 5. The first kappa shape index (κ1) is 32.4. The minimum Gasteiger partial charge on any atom is -0.391 e. The molecule has 0 spiro atoms. The number of carbonyl (C=O) groups is 5. The van der Waals surface area contributed by atoms with Crippen molar-refractivity contribution in [3.05, 3.63) is 35.9 Å². The summed E-state index contributed by atoms with van der Waals surface area (Å²) in [7, 11) is 0. The number of fused-ring (bicyclic) bond motifs is 1. The van der Waals surface area contributed by atoms with Crippen LogP contribution in [0.15, 0.2) is 30.3 Å². The predicted octanol–water partition coefficient (Wildman–Crippen LogP) is 1.14. The van der Waals surface area contributed by atoms with Crippen LogP contribution in [0.3, 0.4) is 0 Å². The molecule has 2 aliphatic heterocycles. The zero-order valence-electron chi connectivity index (χ0n) is 25.4. The molecule has 0 radical (unpaired) electrons. The summed E-state index contributed by atoms with van der Waals surface area (Å²) < 4.78 is 0. The van der Waals surface area contributed by atoms with E-state index in [0.717, 1.165) is 44.1 Å². The van der Waals surface area contributed by atoms with E-state index in [4.69, 9.17) is 0 Å². The Morgan fingerprint density at radius 2 is 1.70 bits per heavy atom. The van der Waals surface area contributed by atoms with E-state index in [2.05, 4.69) is 16.0 Å². The maximum atomic E-state index is 13.9. The van der Waals surface area contributed by atoms with Crippen molar-refractivity contribution in [3.63, 3.8) is 0 Å². The Balaban J connectivity index is 1.64. The number of aliphatic hydroxyl groups excluding tert-OH is 1. The first-order valence-electron chi connectivity index (χ1n) is 15.9. The fourth-order valence-electron chi connectivity index (χ4n) is 6.38. The maximum absolute atomic E-state index is 13.9. The quantitative estimate of drug-likeness (QED) is 0.374. The zero-order chi connectivity index (χ0) is 30.9. The number of hydrogen-bond donors (Lipinski definition) is 4. The molecule has 1 aromatic carbocycles. The summed E-state index contributed by atoms with van der Waals surface area (Å²) in [5.74, 6) is -2.43. The van der Waals surface area contributed by atoms with Crippen molar-refractivity contribution in [2.24, 2.45) is 11.8 Å². The van der Waals surface area contributed by atoms with E-state index in [-0.39, 0.29) is 56.8 Å². The Hall–Kier alpha value is -3.47. The van der Waals surface area contributed by atoms with Gasteiger partial charge in [0.2, 0.25) is 29.5 Å². The van der Waals surface area contributed by atoms with Crippen LogP contribution >= 0.6 is 0 Å². The number of aliphatic hydroxyl groups is 1. The van der Waals surface area contributed by atoms with Gasteiger partial charge in [0.15, 0.2) is 0 Å². The Morgan fingerprint density at radius 3 is 2.37 bits per heavy atom. The second-order valence-electron chi connectivity index (χ2n) is 12.3. The summed E-state index contributed by atoms with van der Waals surface area (Å²) >= 11 is 0. The molecular weight excluding hydrogens is 550 g/mol. The number of nitrogens with zero attached hydrogens (tertiary/aromatic N) is 2. The summed E-state index contributed by atoms with van der Waals surface area (Å²) in [5.41, 5.74) is 0.844. The lowest BCUT2D eigenvalue weighted by Crippen LogP contribution is -2.58. The van der Waals surface area contributed by atoms with Crippen molar-refractivity contribution in [1.29, 1.82) is 0 Å². The summed E-state index contributed by atoms with van der Waals surface area (Å²) in [5, 5.41) is 19.1. The molecule has 2 saturated heterocycles. The van der Waals surface area contributed by atoms with E-state index in [0.29, 0.717) is 6.42 Å². The van der Waals surface area contributed by atoms with Crippen LogP contribution < -0.4 is 16.0 Å². The lowest BCUT2D eigenvalue weighted by atomic mass is 9.97. The van der Waals surface area contributed by atoms with Crippen molar-refractivity contribution in [1.82, 2.24) is 25.8 Å². The van der Waals surface area contributed by atoms with E-state index in [1.165, 1.54) is 9.80 Å². The van der Waals surface area contributed by atoms with E-state index in [1.54, 1.807) is 0 Å². The number of carbonyl (C=O) groups excluding carboxylic acids is 5. The fourth-order valence-corrected chi connectivity index (χ4v) is 6.38. The molecule has 236 valence electrons. The molecule has 3 fully saturated rings. The Kier molecular flexibility index (Phi) is 11.6. The number of rotatable bonds is 5. The average Bonchev–Trinajstić information content (AvgIpc) is 3.20. The monoisotopic (exact) mass is 597 g/mol. The van der Waals surface area contributed by atoms with Crippen LogP contribution in [0.25, 0.3) is 0 Å². The van der Waals surface area contributed by atoms with Gasteiger partial charge < -0.3 is 30.9 Å². The molecule has 1 aromatic rings. The molecule has 0 unspecified atom stereocenters. The van der Waals surface area contributed by atoms with Crippen molar-refractivity contribution in [2.45, 2.75) is 95.9 Å². The van der Waals surface area contributed by atoms with Gasteiger partial charge in [0.1, 0.15) is 18.1 Å². The Bertz CT molecular complexity index is 1140. The van der Waals surface area contributed by atoms with E-state index >= 15 is 0 Å². The van der Waals surface area contributed by atoms with Gasteiger partial charge in [-0.1, -0.05) is 76.3 Å². The largest absolute Gasteiger partial charge is 0.391 e. The highest BCUT2D eigenvalue weighted by Gasteiger charge is 2.43. The van der Waals surface area contributed by atoms with Crippen LogP contribution in [0.1, 0.15) is 70.8 Å². The van der Waals surface area contributed by atoms with Gasteiger partial charge in [-0.25, -0.2) is 0 Å². The van der Waals surface area contributed by atoms with Crippen LogP contribution in [0.4, 0.5) is 0 Å². The summed E-state index contributed by atoms with van der Waals surface area (Å²) in [6, 6.07) is 6.44. The highest BCUT2D eigenvalue weighted by atomic mass is 16.3. The minimum atomic E-state index is -0.990. The van der Waals surface area contributed by atoms with Gasteiger partial charge in [-0.2, -0.15) is 0 Å². The molecule has 0 bridgehead atoms. The lowest BCUT2D eigenvalue weighted by molar-refractivity contribution is -0.144. The van der Waals surface area contributed by atoms with Crippen LogP contribution in [0.5, 0.6) is 0 Å². The van der Waals surface area contributed by atoms with Crippen molar-refractivity contribution in [2.75, 3.05) is 26.2 Å². The second kappa shape index (κ2) is 15.3. The predicted molar refractivity (Wildman–Crippen MR) is 160 cm³/mol. The van der Waals surface area contributed by atoms with Gasteiger partial charge in [-0.05, 0) is 24.3 Å². The third kappa shape index (κ3) is 8.55. The average molecular weight is 598 g/mol. The third-order valence-corrected chi connectivity index (χ3v) is 9.11. The molecule has 4 rings (SSSR count). The zero-order valence-corrected chi connectivity index (χ0v) is 25.4. The van der Waals surface area contributed by atoms with Gasteiger partial charge in [0.25, 0.3) is 0 Å². The molecule has 0 aromatic heterocycles. The Morgan fingerprint density at radius 1 is 1.00 bits per heavy atom. The van der Waals surface area contributed by atoms with Gasteiger partial charge in [0, 0.05) is 38.4 Å². The van der Waals surface area contributed by atoms with Crippen LogP contribution in [-0.4, -0.2) is 94.9 Å². The molecule has 2 heterocycles.